The quantitative estimate of drug-likeness (QED) is 0.660. The number of sulfone groups is 1. The molecular formula is C13H12F2N4O4S. The Kier molecular flexibility index (Phi) is 3.95. The molecule has 8 nitrogen and oxygen atoms in total. The SMILES string of the molecule is O=[N+]([O-])c1cc(S(=O)(=O)C(F)F)ccc1N1CCc2[nH]ncc2C1. The molecule has 2 aromatic rings. The van der Waals surface area contributed by atoms with E-state index in [1.165, 1.54) is 6.07 Å². The average Bonchev–Trinajstić information content (AvgIpc) is 3.01. The number of H-pyrrole nitrogens is 1. The van der Waals surface area contributed by atoms with Crippen LogP contribution in [0.15, 0.2) is 29.3 Å². The first-order chi connectivity index (χ1) is 11.3. The summed E-state index contributed by atoms with van der Waals surface area (Å²) >= 11 is 0. The number of aromatic nitrogens is 2. The van der Waals surface area contributed by atoms with Crippen molar-refractivity contribution >= 4 is 21.2 Å². The molecule has 1 aliphatic rings. The van der Waals surface area contributed by atoms with Crippen LogP contribution in [0.1, 0.15) is 11.3 Å². The Morgan fingerprint density at radius 3 is 2.79 bits per heavy atom. The number of halogens is 2. The Hall–Kier alpha value is -2.56. The second kappa shape index (κ2) is 5.82. The van der Waals surface area contributed by atoms with Crippen molar-refractivity contribution in [2.45, 2.75) is 23.6 Å². The van der Waals surface area contributed by atoms with Crippen LogP contribution in [0.3, 0.4) is 0 Å². The van der Waals surface area contributed by atoms with E-state index in [1.54, 1.807) is 11.1 Å². The zero-order chi connectivity index (χ0) is 17.5. The molecule has 128 valence electrons. The third-order valence-electron chi connectivity index (χ3n) is 3.85. The van der Waals surface area contributed by atoms with E-state index in [0.717, 1.165) is 17.3 Å². The number of hydrogen-bond acceptors (Lipinski definition) is 6. The summed E-state index contributed by atoms with van der Waals surface area (Å²) in [5, 5.41) is 18.0. The molecule has 24 heavy (non-hydrogen) atoms. The number of rotatable bonds is 4. The number of nitrogens with one attached hydrogen (secondary N) is 1. The van der Waals surface area contributed by atoms with Crippen molar-refractivity contribution in [2.75, 3.05) is 11.4 Å². The van der Waals surface area contributed by atoms with Crippen LogP contribution in [0.5, 0.6) is 0 Å². The fourth-order valence-electron chi connectivity index (χ4n) is 2.62. The van der Waals surface area contributed by atoms with Crippen LogP contribution < -0.4 is 4.90 Å². The van der Waals surface area contributed by atoms with Crippen LogP contribution in [0.25, 0.3) is 0 Å². The van der Waals surface area contributed by atoms with Crippen molar-refractivity contribution in [2.24, 2.45) is 0 Å². The Bertz CT molecular complexity index is 897. The van der Waals surface area contributed by atoms with Crippen LogP contribution in [-0.4, -0.2) is 35.8 Å². The molecule has 0 saturated heterocycles. The first-order valence-corrected chi connectivity index (χ1v) is 8.42. The lowest BCUT2D eigenvalue weighted by Crippen LogP contribution is -2.30. The number of fused-ring (bicyclic) bond motifs is 1. The van der Waals surface area contributed by atoms with Crippen LogP contribution in [0.4, 0.5) is 20.2 Å². The van der Waals surface area contributed by atoms with Gasteiger partial charge in [0.05, 0.1) is 16.0 Å². The first kappa shape index (κ1) is 16.3. The van der Waals surface area contributed by atoms with Gasteiger partial charge >= 0.3 is 5.76 Å². The van der Waals surface area contributed by atoms with Gasteiger partial charge in [0.25, 0.3) is 5.69 Å². The van der Waals surface area contributed by atoms with E-state index >= 15 is 0 Å². The highest BCUT2D eigenvalue weighted by Gasteiger charge is 2.31. The van der Waals surface area contributed by atoms with Crippen LogP contribution in [0, 0.1) is 10.1 Å². The van der Waals surface area contributed by atoms with Gasteiger partial charge < -0.3 is 4.90 Å². The fourth-order valence-corrected chi connectivity index (χ4v) is 3.36. The molecular weight excluding hydrogens is 346 g/mol. The molecule has 1 aliphatic heterocycles. The van der Waals surface area contributed by atoms with Gasteiger partial charge in [-0.3, -0.25) is 15.2 Å². The van der Waals surface area contributed by atoms with Gasteiger partial charge in [0.2, 0.25) is 9.84 Å². The Morgan fingerprint density at radius 1 is 1.38 bits per heavy atom. The summed E-state index contributed by atoms with van der Waals surface area (Å²) in [5.41, 5.74) is 1.47. The second-order valence-electron chi connectivity index (χ2n) is 5.26. The predicted molar refractivity (Wildman–Crippen MR) is 79.6 cm³/mol. The number of nitro groups is 1. The fraction of sp³-hybridized carbons (Fsp3) is 0.308. The molecule has 0 radical (unpaired) electrons. The molecule has 1 N–H and O–H groups in total. The number of hydrogen-bond donors (Lipinski definition) is 1. The highest BCUT2D eigenvalue weighted by atomic mass is 32.2. The number of nitro benzene ring substituents is 1. The predicted octanol–water partition coefficient (Wildman–Crippen LogP) is 1.88. The number of nitrogens with zero attached hydrogens (tertiary/aromatic N) is 3. The van der Waals surface area contributed by atoms with Crippen LogP contribution >= 0.6 is 0 Å². The highest BCUT2D eigenvalue weighted by molar-refractivity contribution is 7.91. The summed E-state index contributed by atoms with van der Waals surface area (Å²) in [6.45, 7) is 0.810. The molecule has 0 amide bonds. The van der Waals surface area contributed by atoms with E-state index < -0.39 is 31.1 Å². The second-order valence-corrected chi connectivity index (χ2v) is 7.18. The van der Waals surface area contributed by atoms with Crippen molar-refractivity contribution in [1.29, 1.82) is 0 Å². The van der Waals surface area contributed by atoms with Crippen molar-refractivity contribution in [3.8, 4) is 0 Å². The number of alkyl halides is 2. The Labute approximate surface area is 135 Å². The monoisotopic (exact) mass is 358 g/mol. The normalized spacial score (nSPS) is 14.7. The molecule has 3 rings (SSSR count). The Morgan fingerprint density at radius 2 is 2.12 bits per heavy atom. The molecule has 0 atom stereocenters. The maximum absolute atomic E-state index is 12.6. The average molecular weight is 358 g/mol. The molecule has 0 unspecified atom stereocenters. The molecule has 11 heteroatoms. The summed E-state index contributed by atoms with van der Waals surface area (Å²) in [7, 11) is -4.89. The summed E-state index contributed by atoms with van der Waals surface area (Å²) in [5.74, 6) is -3.63. The minimum Gasteiger partial charge on any atom is -0.361 e. The van der Waals surface area contributed by atoms with Crippen LogP contribution in [0.2, 0.25) is 0 Å². The molecule has 1 aromatic carbocycles. The van der Waals surface area contributed by atoms with E-state index in [4.69, 9.17) is 0 Å². The number of benzene rings is 1. The maximum Gasteiger partial charge on any atom is 0.341 e. The summed E-state index contributed by atoms with van der Waals surface area (Å²) in [6, 6.07) is 2.84. The lowest BCUT2D eigenvalue weighted by molar-refractivity contribution is -0.384. The van der Waals surface area contributed by atoms with E-state index in [1.807, 2.05) is 0 Å². The van der Waals surface area contributed by atoms with Gasteiger partial charge in [0, 0.05) is 36.8 Å². The van der Waals surface area contributed by atoms with E-state index in [9.17, 15) is 27.3 Å². The van der Waals surface area contributed by atoms with Crippen molar-refractivity contribution < 1.29 is 22.1 Å². The molecule has 2 heterocycles. The van der Waals surface area contributed by atoms with Gasteiger partial charge in [0.1, 0.15) is 5.69 Å². The first-order valence-electron chi connectivity index (χ1n) is 6.87. The van der Waals surface area contributed by atoms with Gasteiger partial charge in [-0.1, -0.05) is 0 Å². The smallest absolute Gasteiger partial charge is 0.341 e. The van der Waals surface area contributed by atoms with E-state index in [-0.39, 0.29) is 5.69 Å². The minimum absolute atomic E-state index is 0.181. The molecule has 0 bridgehead atoms. The lowest BCUT2D eigenvalue weighted by Gasteiger charge is -2.28. The van der Waals surface area contributed by atoms with Gasteiger partial charge in [-0.25, -0.2) is 8.42 Å². The number of anilines is 1. The summed E-state index contributed by atoms with van der Waals surface area (Å²) < 4.78 is 48.3. The van der Waals surface area contributed by atoms with Crippen LogP contribution in [-0.2, 0) is 22.8 Å². The molecule has 0 aliphatic carbocycles. The van der Waals surface area contributed by atoms with E-state index in [2.05, 4.69) is 10.2 Å². The van der Waals surface area contributed by atoms with Gasteiger partial charge in [-0.05, 0) is 12.1 Å². The van der Waals surface area contributed by atoms with Crippen molar-refractivity contribution in [3.63, 3.8) is 0 Å². The van der Waals surface area contributed by atoms with Crippen molar-refractivity contribution in [1.82, 2.24) is 10.2 Å². The van der Waals surface area contributed by atoms with Gasteiger partial charge in [-0.2, -0.15) is 13.9 Å². The lowest BCUT2D eigenvalue weighted by atomic mass is 10.1. The van der Waals surface area contributed by atoms with Crippen molar-refractivity contribution in [3.05, 3.63) is 45.8 Å². The molecule has 0 spiro atoms. The third-order valence-corrected chi connectivity index (χ3v) is 5.23. The largest absolute Gasteiger partial charge is 0.361 e. The highest BCUT2D eigenvalue weighted by Crippen LogP contribution is 2.34. The minimum atomic E-state index is -4.89. The zero-order valence-electron chi connectivity index (χ0n) is 12.1. The molecule has 0 fully saturated rings. The number of aromatic amines is 1. The zero-order valence-corrected chi connectivity index (χ0v) is 13.0. The Balaban J connectivity index is 2.02. The molecule has 0 saturated carbocycles. The standard InChI is InChI=1S/C13H12F2N4O4S/c14-13(15)24(22,23)9-1-2-11(12(5-9)19(20)21)18-4-3-10-8(7-18)6-16-17-10/h1-2,5-6,13H,3-4,7H2,(H,16,17). The summed E-state index contributed by atoms with van der Waals surface area (Å²) in [6.07, 6.45) is 2.20. The van der Waals surface area contributed by atoms with E-state index in [0.29, 0.717) is 25.6 Å². The topological polar surface area (TPSA) is 109 Å². The van der Waals surface area contributed by atoms with Gasteiger partial charge in [-0.15, -0.1) is 0 Å². The molecule has 1 aromatic heterocycles. The van der Waals surface area contributed by atoms with Gasteiger partial charge in [0.15, 0.2) is 0 Å². The maximum atomic E-state index is 12.6. The summed E-state index contributed by atoms with van der Waals surface area (Å²) in [4.78, 5) is 11.4. The third kappa shape index (κ3) is 2.70.